The van der Waals surface area contributed by atoms with Crippen molar-refractivity contribution >= 4 is 22.5 Å². The maximum absolute atomic E-state index is 12.2. The van der Waals surface area contributed by atoms with Gasteiger partial charge in [0, 0.05) is 22.5 Å². The molecule has 126 valence electrons. The Bertz CT molecular complexity index is 1030. The molecule has 0 heterocycles. The topological polar surface area (TPSA) is 96.9 Å². The van der Waals surface area contributed by atoms with E-state index >= 15 is 0 Å². The summed E-state index contributed by atoms with van der Waals surface area (Å²) in [4.78, 5) is 36.2. The second-order valence-corrected chi connectivity index (χ2v) is 5.19. The van der Waals surface area contributed by atoms with Crippen molar-refractivity contribution in [2.45, 2.75) is 6.92 Å². The predicted octanol–water partition coefficient (Wildman–Crippen LogP) is 1.47. The molecule has 0 spiro atoms. The number of fused-ring (bicyclic) bond motifs is 1. The highest BCUT2D eigenvalue weighted by atomic mass is 16.5. The van der Waals surface area contributed by atoms with Crippen LogP contribution in [0.5, 0.6) is 5.75 Å². The number of anilines is 1. The molecule has 0 saturated carbocycles. The highest BCUT2D eigenvalue weighted by Crippen LogP contribution is 2.16. The van der Waals surface area contributed by atoms with E-state index in [4.69, 9.17) is 4.74 Å². The Labute approximate surface area is 142 Å². The number of hydrogen-bond donors (Lipinski definition) is 2. The molecule has 0 aromatic heterocycles. The summed E-state index contributed by atoms with van der Waals surface area (Å²) in [6, 6.07) is 12.6. The number of rotatable bonds is 4. The summed E-state index contributed by atoms with van der Waals surface area (Å²) in [5.74, 6) is 0.614. The van der Waals surface area contributed by atoms with Gasteiger partial charge in [-0.3, -0.25) is 9.59 Å². The molecule has 25 heavy (non-hydrogen) atoms. The first-order valence-corrected chi connectivity index (χ1v) is 7.66. The van der Waals surface area contributed by atoms with Gasteiger partial charge in [-0.25, -0.2) is 10.2 Å². The fraction of sp³-hybridized carbons (Fsp3) is 0.111. The molecule has 0 bridgehead atoms. The van der Waals surface area contributed by atoms with Crippen LogP contribution in [-0.4, -0.2) is 12.6 Å². The molecule has 0 saturated heterocycles. The summed E-state index contributed by atoms with van der Waals surface area (Å²) in [6.07, 6.45) is 0. The molecule has 3 aromatic rings. The molecule has 0 aliphatic carbocycles. The Kier molecular flexibility index (Phi) is 4.56. The number of benzene rings is 2. The number of nitrogens with one attached hydrogen (secondary N) is 2. The molecule has 0 unspecified atom stereocenters. The normalized spacial score (nSPS) is 10.4. The van der Waals surface area contributed by atoms with Gasteiger partial charge in [0.15, 0.2) is 5.36 Å². The average Bonchev–Trinajstić information content (AvgIpc) is 2.85. The smallest absolute Gasteiger partial charge is 0.339 e. The van der Waals surface area contributed by atoms with E-state index in [-0.39, 0.29) is 16.1 Å². The lowest BCUT2D eigenvalue weighted by Gasteiger charge is -2.07. The zero-order valence-electron chi connectivity index (χ0n) is 13.4. The van der Waals surface area contributed by atoms with Crippen LogP contribution in [-0.2, 0) is 0 Å². The van der Waals surface area contributed by atoms with Crippen LogP contribution < -0.4 is 31.7 Å². The van der Waals surface area contributed by atoms with Crippen LogP contribution in [0.3, 0.4) is 0 Å². The number of carbonyl (C=O) groups is 1. The van der Waals surface area contributed by atoms with Gasteiger partial charge in [0.05, 0.1) is 6.61 Å². The summed E-state index contributed by atoms with van der Waals surface area (Å²) in [7, 11) is 0. The number of amides is 2. The van der Waals surface area contributed by atoms with Gasteiger partial charge < -0.3 is 10.1 Å². The second-order valence-electron chi connectivity index (χ2n) is 5.19. The standard InChI is InChI=1S/C18H15N3O4/c1-2-25-12-7-5-6-11(10-12)19-18(24)21-20-15-16(22)13-8-3-4-9-14(13)17(15)23/h3-10H,2H2,1H3,(H2,19,21,24). The SMILES string of the molecule is CCOc1cccc(NC(=O)NN=c2c(=O)c3ccccc3c2=O)c1. The van der Waals surface area contributed by atoms with Gasteiger partial charge in [-0.05, 0) is 19.1 Å². The van der Waals surface area contributed by atoms with E-state index in [1.165, 1.54) is 0 Å². The zero-order valence-corrected chi connectivity index (χ0v) is 13.4. The molecule has 0 aliphatic heterocycles. The summed E-state index contributed by atoms with van der Waals surface area (Å²) < 4.78 is 5.34. The lowest BCUT2D eigenvalue weighted by atomic mass is 10.2. The molecule has 0 fully saturated rings. The third-order valence-electron chi connectivity index (χ3n) is 3.52. The third-order valence-corrected chi connectivity index (χ3v) is 3.52. The quantitative estimate of drug-likeness (QED) is 0.705. The molecular formula is C18H15N3O4. The van der Waals surface area contributed by atoms with Gasteiger partial charge in [0.2, 0.25) is 10.9 Å². The third kappa shape index (κ3) is 3.40. The summed E-state index contributed by atoms with van der Waals surface area (Å²) >= 11 is 0. The summed E-state index contributed by atoms with van der Waals surface area (Å²) in [6.45, 7) is 2.37. The lowest BCUT2D eigenvalue weighted by molar-refractivity contribution is 0.252. The minimum atomic E-state index is -0.669. The molecule has 2 amide bonds. The Morgan fingerprint density at radius 1 is 1.04 bits per heavy atom. The first-order chi connectivity index (χ1) is 12.1. The number of nitrogens with zero attached hydrogens (tertiary/aromatic N) is 1. The van der Waals surface area contributed by atoms with Crippen LogP contribution in [0.4, 0.5) is 10.5 Å². The van der Waals surface area contributed by atoms with Gasteiger partial charge in [-0.2, -0.15) is 5.10 Å². The highest BCUT2D eigenvalue weighted by Gasteiger charge is 2.10. The van der Waals surface area contributed by atoms with Gasteiger partial charge in [0.1, 0.15) is 5.75 Å². The molecule has 7 heteroatoms. The van der Waals surface area contributed by atoms with E-state index in [2.05, 4.69) is 15.8 Å². The van der Waals surface area contributed by atoms with Crippen molar-refractivity contribution in [1.29, 1.82) is 0 Å². The molecular weight excluding hydrogens is 322 g/mol. The van der Waals surface area contributed by atoms with E-state index in [1.54, 1.807) is 48.5 Å². The second kappa shape index (κ2) is 6.96. The van der Waals surface area contributed by atoms with Gasteiger partial charge in [-0.1, -0.05) is 30.3 Å². The fourth-order valence-corrected chi connectivity index (χ4v) is 2.43. The van der Waals surface area contributed by atoms with Crippen molar-refractivity contribution in [2.24, 2.45) is 5.10 Å². The van der Waals surface area contributed by atoms with Gasteiger partial charge >= 0.3 is 6.03 Å². The molecule has 7 nitrogen and oxygen atoms in total. The van der Waals surface area contributed by atoms with Crippen molar-refractivity contribution < 1.29 is 9.53 Å². The lowest BCUT2D eigenvalue weighted by Crippen LogP contribution is -2.36. The Morgan fingerprint density at radius 3 is 2.36 bits per heavy atom. The van der Waals surface area contributed by atoms with E-state index in [0.717, 1.165) is 0 Å². The summed E-state index contributed by atoms with van der Waals surface area (Å²) in [5.41, 5.74) is 1.67. The molecule has 3 aromatic carbocycles. The van der Waals surface area contributed by atoms with Crippen molar-refractivity contribution in [3.63, 3.8) is 0 Å². The number of urea groups is 1. The Morgan fingerprint density at radius 2 is 1.72 bits per heavy atom. The number of ether oxygens (including phenoxy) is 1. The average molecular weight is 337 g/mol. The molecule has 0 aliphatic rings. The van der Waals surface area contributed by atoms with E-state index in [9.17, 15) is 14.4 Å². The highest BCUT2D eigenvalue weighted by molar-refractivity contribution is 5.89. The van der Waals surface area contributed by atoms with Gasteiger partial charge in [-0.15, -0.1) is 0 Å². The van der Waals surface area contributed by atoms with E-state index < -0.39 is 16.9 Å². The minimum Gasteiger partial charge on any atom is -0.494 e. The monoisotopic (exact) mass is 337 g/mol. The predicted molar refractivity (Wildman–Crippen MR) is 94.2 cm³/mol. The van der Waals surface area contributed by atoms with Crippen LogP contribution >= 0.6 is 0 Å². The molecule has 0 atom stereocenters. The molecule has 3 rings (SSSR count). The van der Waals surface area contributed by atoms with Crippen molar-refractivity contribution in [3.8, 4) is 5.75 Å². The van der Waals surface area contributed by atoms with Crippen LogP contribution in [0.15, 0.2) is 63.2 Å². The van der Waals surface area contributed by atoms with Crippen molar-refractivity contribution in [1.82, 2.24) is 5.43 Å². The largest absolute Gasteiger partial charge is 0.494 e. The maximum atomic E-state index is 12.2. The van der Waals surface area contributed by atoms with Crippen LogP contribution in [0.2, 0.25) is 0 Å². The maximum Gasteiger partial charge on any atom is 0.339 e. The van der Waals surface area contributed by atoms with Gasteiger partial charge in [0.25, 0.3) is 0 Å². The van der Waals surface area contributed by atoms with Crippen molar-refractivity contribution in [2.75, 3.05) is 11.9 Å². The first kappa shape index (κ1) is 16.4. The fourth-order valence-electron chi connectivity index (χ4n) is 2.43. The molecule has 2 N–H and O–H groups in total. The van der Waals surface area contributed by atoms with Crippen molar-refractivity contribution in [3.05, 3.63) is 74.3 Å². The zero-order chi connectivity index (χ0) is 17.8. The first-order valence-electron chi connectivity index (χ1n) is 7.66. The Balaban J connectivity index is 1.81. The molecule has 0 radical (unpaired) electrons. The van der Waals surface area contributed by atoms with Crippen LogP contribution in [0, 0.1) is 0 Å². The van der Waals surface area contributed by atoms with E-state index in [1.807, 2.05) is 6.92 Å². The number of carbonyl (C=O) groups excluding carboxylic acids is 1. The summed E-state index contributed by atoms with van der Waals surface area (Å²) in [5, 5.41) is 6.51. The van der Waals surface area contributed by atoms with Crippen LogP contribution in [0.25, 0.3) is 10.8 Å². The van der Waals surface area contributed by atoms with Crippen LogP contribution in [0.1, 0.15) is 6.92 Å². The number of hydrogen-bond acceptors (Lipinski definition) is 5. The minimum absolute atomic E-state index is 0.290. The Hall–Kier alpha value is -3.48. The van der Waals surface area contributed by atoms with E-state index in [0.29, 0.717) is 18.0 Å².